The lowest BCUT2D eigenvalue weighted by Gasteiger charge is -2.44. The van der Waals surface area contributed by atoms with E-state index in [-0.39, 0.29) is 48.2 Å². The Balaban J connectivity index is 1.36. The Hall–Kier alpha value is -4.01. The molecule has 1 aliphatic heterocycles. The van der Waals surface area contributed by atoms with Crippen LogP contribution in [0.15, 0.2) is 54.9 Å². The summed E-state index contributed by atoms with van der Waals surface area (Å²) in [7, 11) is 0. The summed E-state index contributed by atoms with van der Waals surface area (Å²) in [6.07, 6.45) is 3.05. The molecule has 3 amide bonds. The summed E-state index contributed by atoms with van der Waals surface area (Å²) < 4.78 is 14.8. The zero-order valence-electron chi connectivity index (χ0n) is 20.3. The molecule has 1 atom stereocenters. The van der Waals surface area contributed by atoms with E-state index in [0.29, 0.717) is 6.54 Å². The third-order valence-corrected chi connectivity index (χ3v) is 6.95. The third kappa shape index (κ3) is 4.36. The summed E-state index contributed by atoms with van der Waals surface area (Å²) in [6.45, 7) is 4.42. The molecule has 0 bridgehead atoms. The van der Waals surface area contributed by atoms with Gasteiger partial charge >= 0.3 is 0 Å². The minimum atomic E-state index is -1.15. The van der Waals surface area contributed by atoms with Crippen molar-refractivity contribution >= 4 is 17.7 Å². The molecule has 2 aromatic carbocycles. The second-order valence-electron chi connectivity index (χ2n) is 9.67. The molecule has 1 unspecified atom stereocenters. The summed E-state index contributed by atoms with van der Waals surface area (Å²) in [5.74, 6) is -1.46. The molecule has 0 saturated heterocycles. The van der Waals surface area contributed by atoms with Crippen LogP contribution in [-0.2, 0) is 24.4 Å². The van der Waals surface area contributed by atoms with Gasteiger partial charge in [-0.05, 0) is 55.5 Å². The van der Waals surface area contributed by atoms with Crippen LogP contribution in [0.2, 0.25) is 0 Å². The number of rotatable bonds is 7. The minimum Gasteiger partial charge on any atom is -0.350 e. The molecule has 1 fully saturated rings. The molecule has 2 heterocycles. The van der Waals surface area contributed by atoms with E-state index in [0.717, 1.165) is 29.5 Å². The third-order valence-electron chi connectivity index (χ3n) is 6.95. The number of fused-ring (bicyclic) bond motifs is 1. The monoisotopic (exact) mass is 489 g/mol. The molecule has 1 aliphatic carbocycles. The maximum Gasteiger partial charge on any atom is 0.274 e. The molecular weight excluding hydrogens is 461 g/mol. The standard InChI is InChI=1S/C27H28FN5O3/c1-17-5-3-4-6-19(17)14-29-24(34)22-23-25(35)33(21-11-12-21)27(2,15-32(23)16-31-22)26(36)30-13-18-7-9-20(28)10-8-18/h3-10,16,21H,11-15H2,1-2H3,(H,29,34)(H,30,36). The molecule has 2 N–H and O–H groups in total. The Labute approximate surface area is 208 Å². The first-order chi connectivity index (χ1) is 17.3. The van der Waals surface area contributed by atoms with E-state index in [4.69, 9.17) is 0 Å². The van der Waals surface area contributed by atoms with Crippen LogP contribution in [-0.4, -0.2) is 43.8 Å². The van der Waals surface area contributed by atoms with Crippen LogP contribution >= 0.6 is 0 Å². The SMILES string of the molecule is Cc1ccccc1CNC(=O)c1ncn2c1C(=O)N(C1CC1)C(C)(C(=O)NCc1ccc(F)cc1)C2. The maximum atomic E-state index is 13.7. The number of carbonyl (C=O) groups excluding carboxylic acids is 3. The van der Waals surface area contributed by atoms with Crippen molar-refractivity contribution in [2.75, 3.05) is 0 Å². The van der Waals surface area contributed by atoms with Crippen molar-refractivity contribution in [1.29, 1.82) is 0 Å². The smallest absolute Gasteiger partial charge is 0.274 e. The Morgan fingerprint density at radius 1 is 1.08 bits per heavy atom. The van der Waals surface area contributed by atoms with Gasteiger partial charge < -0.3 is 20.1 Å². The lowest BCUT2D eigenvalue weighted by molar-refractivity contribution is -0.133. The Kier molecular flexibility index (Phi) is 6.07. The highest BCUT2D eigenvalue weighted by Crippen LogP contribution is 2.38. The van der Waals surface area contributed by atoms with Gasteiger partial charge in [-0.2, -0.15) is 0 Å². The van der Waals surface area contributed by atoms with Gasteiger partial charge in [-0.3, -0.25) is 14.4 Å². The van der Waals surface area contributed by atoms with Gasteiger partial charge in [0.25, 0.3) is 11.8 Å². The molecule has 0 radical (unpaired) electrons. The maximum absolute atomic E-state index is 13.7. The quantitative estimate of drug-likeness (QED) is 0.533. The predicted molar refractivity (Wildman–Crippen MR) is 130 cm³/mol. The number of nitrogens with one attached hydrogen (secondary N) is 2. The van der Waals surface area contributed by atoms with E-state index >= 15 is 0 Å². The second kappa shape index (κ2) is 9.22. The van der Waals surface area contributed by atoms with Gasteiger partial charge in [-0.25, -0.2) is 9.37 Å². The van der Waals surface area contributed by atoms with Crippen molar-refractivity contribution in [3.8, 4) is 0 Å². The number of halogens is 1. The van der Waals surface area contributed by atoms with Crippen molar-refractivity contribution in [3.05, 3.63) is 88.8 Å². The number of amides is 3. The molecule has 1 saturated carbocycles. The highest BCUT2D eigenvalue weighted by Gasteiger charge is 2.53. The van der Waals surface area contributed by atoms with Gasteiger partial charge in [0.1, 0.15) is 17.1 Å². The second-order valence-corrected chi connectivity index (χ2v) is 9.67. The van der Waals surface area contributed by atoms with E-state index in [2.05, 4.69) is 15.6 Å². The molecule has 36 heavy (non-hydrogen) atoms. The first-order valence-corrected chi connectivity index (χ1v) is 12.0. The molecule has 0 spiro atoms. The van der Waals surface area contributed by atoms with E-state index in [1.54, 1.807) is 28.5 Å². The largest absolute Gasteiger partial charge is 0.350 e. The molecule has 9 heteroatoms. The van der Waals surface area contributed by atoms with Crippen LogP contribution in [0.25, 0.3) is 0 Å². The highest BCUT2D eigenvalue weighted by atomic mass is 19.1. The predicted octanol–water partition coefficient (Wildman–Crippen LogP) is 2.95. The zero-order chi connectivity index (χ0) is 25.4. The zero-order valence-corrected chi connectivity index (χ0v) is 20.3. The van der Waals surface area contributed by atoms with Crippen LogP contribution in [0.3, 0.4) is 0 Å². The van der Waals surface area contributed by atoms with Crippen molar-refractivity contribution in [3.63, 3.8) is 0 Å². The number of aromatic nitrogens is 2. The molecule has 3 aromatic rings. The van der Waals surface area contributed by atoms with E-state index in [1.165, 1.54) is 18.5 Å². The average molecular weight is 490 g/mol. The number of nitrogens with zero attached hydrogens (tertiary/aromatic N) is 3. The molecule has 5 rings (SSSR count). The van der Waals surface area contributed by atoms with Crippen LogP contribution in [0.1, 0.15) is 57.4 Å². The Morgan fingerprint density at radius 3 is 2.50 bits per heavy atom. The summed E-state index contributed by atoms with van der Waals surface area (Å²) >= 11 is 0. The van der Waals surface area contributed by atoms with Crippen LogP contribution in [0.5, 0.6) is 0 Å². The van der Waals surface area contributed by atoms with E-state index < -0.39 is 11.4 Å². The molecular formula is C27H28FN5O3. The number of hydrogen-bond donors (Lipinski definition) is 2. The first kappa shape index (κ1) is 23.7. The van der Waals surface area contributed by atoms with E-state index in [1.807, 2.05) is 31.2 Å². The van der Waals surface area contributed by atoms with Crippen molar-refractivity contribution in [2.45, 2.75) is 57.9 Å². The molecule has 8 nitrogen and oxygen atoms in total. The Bertz CT molecular complexity index is 1330. The summed E-state index contributed by atoms with van der Waals surface area (Å²) in [5.41, 5.74) is 1.91. The van der Waals surface area contributed by atoms with Crippen LogP contribution < -0.4 is 10.6 Å². The van der Waals surface area contributed by atoms with Gasteiger partial charge in [0.05, 0.1) is 12.9 Å². The molecule has 2 aliphatic rings. The van der Waals surface area contributed by atoms with Gasteiger partial charge in [0.2, 0.25) is 5.91 Å². The van der Waals surface area contributed by atoms with Gasteiger partial charge in [0, 0.05) is 19.1 Å². The number of aryl methyl sites for hydroxylation is 1. The highest BCUT2D eigenvalue weighted by molar-refractivity contribution is 6.07. The lowest BCUT2D eigenvalue weighted by Crippen LogP contribution is -2.64. The van der Waals surface area contributed by atoms with Crippen molar-refractivity contribution in [2.24, 2.45) is 0 Å². The first-order valence-electron chi connectivity index (χ1n) is 12.0. The summed E-state index contributed by atoms with van der Waals surface area (Å²) in [4.78, 5) is 46.0. The number of carbonyl (C=O) groups is 3. The summed E-state index contributed by atoms with van der Waals surface area (Å²) in [5, 5.41) is 5.76. The van der Waals surface area contributed by atoms with Gasteiger partial charge in [-0.15, -0.1) is 0 Å². The summed E-state index contributed by atoms with van der Waals surface area (Å²) in [6, 6.07) is 13.6. The Morgan fingerprint density at radius 2 is 1.81 bits per heavy atom. The van der Waals surface area contributed by atoms with Gasteiger partial charge in [0.15, 0.2) is 5.69 Å². The number of imidazole rings is 1. The number of benzene rings is 2. The van der Waals surface area contributed by atoms with Crippen molar-refractivity contribution < 1.29 is 18.8 Å². The van der Waals surface area contributed by atoms with E-state index in [9.17, 15) is 18.8 Å². The topological polar surface area (TPSA) is 96.3 Å². The minimum absolute atomic E-state index is 0.0630. The normalized spacial score (nSPS) is 19.1. The molecule has 1 aromatic heterocycles. The fourth-order valence-electron chi connectivity index (χ4n) is 4.76. The van der Waals surface area contributed by atoms with Crippen LogP contribution in [0, 0.1) is 12.7 Å². The lowest BCUT2D eigenvalue weighted by atomic mass is 9.93. The molecule has 186 valence electrons. The number of hydrogen-bond acceptors (Lipinski definition) is 4. The van der Waals surface area contributed by atoms with Crippen molar-refractivity contribution in [1.82, 2.24) is 25.1 Å². The van der Waals surface area contributed by atoms with Gasteiger partial charge in [-0.1, -0.05) is 36.4 Å². The fraction of sp³-hybridized carbons (Fsp3) is 0.333. The average Bonchev–Trinajstić information content (AvgIpc) is 3.60. The fourth-order valence-corrected chi connectivity index (χ4v) is 4.76. The van der Waals surface area contributed by atoms with Crippen LogP contribution in [0.4, 0.5) is 4.39 Å².